The zero-order chi connectivity index (χ0) is 17.8. The van der Waals surface area contributed by atoms with Gasteiger partial charge in [-0.3, -0.25) is 4.79 Å². The molecule has 0 aliphatic rings. The average Bonchev–Trinajstić information content (AvgIpc) is 2.37. The molecule has 0 atom stereocenters. The van der Waals surface area contributed by atoms with Crippen molar-refractivity contribution in [2.24, 2.45) is 5.73 Å². The standard InChI is InChI=1S/C12H12F6N2O3/c1-2-22-9(21)3-6-7(4-19)8(11(13,14)15)5-20-10(6)23-12(16,17)18/h5H,2-4,19H2,1H3. The predicted octanol–water partition coefficient (Wildman–Crippen LogP) is 2.56. The topological polar surface area (TPSA) is 74.4 Å². The highest BCUT2D eigenvalue weighted by Gasteiger charge is 2.38. The minimum Gasteiger partial charge on any atom is -0.466 e. The summed E-state index contributed by atoms with van der Waals surface area (Å²) in [4.78, 5) is 14.5. The third-order valence-electron chi connectivity index (χ3n) is 2.61. The van der Waals surface area contributed by atoms with E-state index in [2.05, 4.69) is 14.5 Å². The van der Waals surface area contributed by atoms with Crippen LogP contribution in [0.25, 0.3) is 0 Å². The van der Waals surface area contributed by atoms with Gasteiger partial charge in [0.05, 0.1) is 18.6 Å². The summed E-state index contributed by atoms with van der Waals surface area (Å²) in [6.07, 6.45) is -10.8. The molecule has 0 aliphatic heterocycles. The fourth-order valence-corrected chi connectivity index (χ4v) is 1.78. The van der Waals surface area contributed by atoms with Gasteiger partial charge in [-0.25, -0.2) is 4.98 Å². The van der Waals surface area contributed by atoms with E-state index in [0.29, 0.717) is 0 Å². The van der Waals surface area contributed by atoms with Crippen LogP contribution < -0.4 is 10.5 Å². The van der Waals surface area contributed by atoms with E-state index in [1.807, 2.05) is 0 Å². The van der Waals surface area contributed by atoms with E-state index in [1.165, 1.54) is 6.92 Å². The van der Waals surface area contributed by atoms with E-state index < -0.39 is 54.0 Å². The molecule has 0 saturated heterocycles. The highest BCUT2D eigenvalue weighted by atomic mass is 19.4. The molecule has 0 saturated carbocycles. The van der Waals surface area contributed by atoms with Gasteiger partial charge in [0.1, 0.15) is 0 Å². The number of nitrogens with two attached hydrogens (primary N) is 1. The lowest BCUT2D eigenvalue weighted by Gasteiger charge is -2.18. The van der Waals surface area contributed by atoms with Gasteiger partial charge in [0.25, 0.3) is 0 Å². The van der Waals surface area contributed by atoms with Gasteiger partial charge in [-0.1, -0.05) is 0 Å². The molecule has 5 nitrogen and oxygen atoms in total. The number of nitrogens with zero attached hydrogens (tertiary/aromatic N) is 1. The average molecular weight is 346 g/mol. The second-order valence-corrected chi connectivity index (χ2v) is 4.17. The van der Waals surface area contributed by atoms with Crippen molar-refractivity contribution in [3.05, 3.63) is 22.9 Å². The lowest BCUT2D eigenvalue weighted by molar-refractivity contribution is -0.276. The van der Waals surface area contributed by atoms with Crippen LogP contribution in [0.15, 0.2) is 6.20 Å². The molecule has 0 radical (unpaired) electrons. The SMILES string of the molecule is CCOC(=O)Cc1c(OC(F)(F)F)ncc(C(F)(F)F)c1CN. The third kappa shape index (κ3) is 5.27. The number of hydrogen-bond donors (Lipinski definition) is 1. The maximum atomic E-state index is 12.9. The molecule has 23 heavy (non-hydrogen) atoms. The van der Waals surface area contributed by atoms with Crippen molar-refractivity contribution in [1.82, 2.24) is 4.98 Å². The number of pyridine rings is 1. The molecule has 1 heterocycles. The van der Waals surface area contributed by atoms with Gasteiger partial charge in [0, 0.05) is 18.3 Å². The summed E-state index contributed by atoms with van der Waals surface area (Å²) >= 11 is 0. The van der Waals surface area contributed by atoms with Crippen LogP contribution in [0.5, 0.6) is 5.88 Å². The molecule has 0 bridgehead atoms. The van der Waals surface area contributed by atoms with Gasteiger partial charge in [-0.15, -0.1) is 13.2 Å². The van der Waals surface area contributed by atoms with E-state index in [1.54, 1.807) is 0 Å². The number of ether oxygens (including phenoxy) is 2. The first-order chi connectivity index (χ1) is 10.5. The molecule has 0 spiro atoms. The van der Waals surface area contributed by atoms with Gasteiger partial charge in [-0.2, -0.15) is 13.2 Å². The number of hydrogen-bond acceptors (Lipinski definition) is 5. The maximum absolute atomic E-state index is 12.9. The van der Waals surface area contributed by atoms with Crippen LogP contribution in [0.3, 0.4) is 0 Å². The van der Waals surface area contributed by atoms with E-state index in [0.717, 1.165) is 0 Å². The Bertz CT molecular complexity index is 571. The van der Waals surface area contributed by atoms with Crippen LogP contribution in [0.2, 0.25) is 0 Å². The first kappa shape index (κ1) is 19.0. The summed E-state index contributed by atoms with van der Waals surface area (Å²) < 4.78 is 83.8. The lowest BCUT2D eigenvalue weighted by Crippen LogP contribution is -2.23. The number of halogens is 6. The minimum absolute atomic E-state index is 0.0986. The zero-order valence-corrected chi connectivity index (χ0v) is 11.7. The first-order valence-corrected chi connectivity index (χ1v) is 6.19. The highest BCUT2D eigenvalue weighted by Crippen LogP contribution is 2.36. The molecule has 1 aromatic heterocycles. The number of esters is 1. The maximum Gasteiger partial charge on any atom is 0.574 e. The fraction of sp³-hybridized carbons (Fsp3) is 0.500. The van der Waals surface area contributed by atoms with Crippen LogP contribution in [-0.4, -0.2) is 23.9 Å². The largest absolute Gasteiger partial charge is 0.574 e. The quantitative estimate of drug-likeness (QED) is 0.655. The summed E-state index contributed by atoms with van der Waals surface area (Å²) in [5, 5.41) is 0. The predicted molar refractivity (Wildman–Crippen MR) is 64.2 cm³/mol. The van der Waals surface area contributed by atoms with Crippen LogP contribution in [-0.2, 0) is 28.7 Å². The molecule has 0 unspecified atom stereocenters. The molecule has 0 aliphatic carbocycles. The fourth-order valence-electron chi connectivity index (χ4n) is 1.78. The Morgan fingerprint density at radius 1 is 1.22 bits per heavy atom. The Morgan fingerprint density at radius 3 is 2.26 bits per heavy atom. The lowest BCUT2D eigenvalue weighted by atomic mass is 10.0. The summed E-state index contributed by atoms with van der Waals surface area (Å²) in [6, 6.07) is 0. The molecular formula is C12H12F6N2O3. The third-order valence-corrected chi connectivity index (χ3v) is 2.61. The van der Waals surface area contributed by atoms with Crippen molar-refractivity contribution in [3.8, 4) is 5.88 Å². The molecule has 1 rings (SSSR count). The van der Waals surface area contributed by atoms with Gasteiger partial charge in [-0.05, 0) is 12.5 Å². The van der Waals surface area contributed by atoms with Crippen molar-refractivity contribution >= 4 is 5.97 Å². The van der Waals surface area contributed by atoms with Gasteiger partial charge >= 0.3 is 18.5 Å². The Morgan fingerprint density at radius 2 is 1.83 bits per heavy atom. The van der Waals surface area contributed by atoms with Crippen LogP contribution in [0.1, 0.15) is 23.6 Å². The van der Waals surface area contributed by atoms with Crippen molar-refractivity contribution in [2.75, 3.05) is 6.61 Å². The van der Waals surface area contributed by atoms with E-state index in [-0.39, 0.29) is 12.8 Å². The molecule has 11 heteroatoms. The number of aromatic nitrogens is 1. The number of carbonyl (C=O) groups excluding carboxylic acids is 1. The summed E-state index contributed by atoms with van der Waals surface area (Å²) in [5.41, 5.74) is 2.46. The van der Waals surface area contributed by atoms with Gasteiger partial charge < -0.3 is 15.2 Å². The monoisotopic (exact) mass is 346 g/mol. The van der Waals surface area contributed by atoms with Crippen LogP contribution in [0, 0.1) is 0 Å². The number of carbonyl (C=O) groups is 1. The number of rotatable bonds is 5. The molecule has 1 aromatic rings. The van der Waals surface area contributed by atoms with E-state index >= 15 is 0 Å². The zero-order valence-electron chi connectivity index (χ0n) is 11.7. The van der Waals surface area contributed by atoms with Gasteiger partial charge in [0.2, 0.25) is 5.88 Å². The van der Waals surface area contributed by atoms with Crippen molar-refractivity contribution < 1.29 is 40.6 Å². The van der Waals surface area contributed by atoms with E-state index in [9.17, 15) is 31.1 Å². The summed E-state index contributed by atoms with van der Waals surface area (Å²) in [6.45, 7) is 0.568. The van der Waals surface area contributed by atoms with Crippen LogP contribution in [0.4, 0.5) is 26.3 Å². The summed E-state index contributed by atoms with van der Waals surface area (Å²) in [7, 11) is 0. The summed E-state index contributed by atoms with van der Waals surface area (Å²) in [5.74, 6) is -2.20. The van der Waals surface area contributed by atoms with Gasteiger partial charge in [0.15, 0.2) is 0 Å². The van der Waals surface area contributed by atoms with Crippen molar-refractivity contribution in [1.29, 1.82) is 0 Å². The first-order valence-electron chi connectivity index (χ1n) is 6.19. The minimum atomic E-state index is -5.19. The molecule has 0 amide bonds. The Balaban J connectivity index is 3.44. The van der Waals surface area contributed by atoms with Crippen LogP contribution >= 0.6 is 0 Å². The molecule has 130 valence electrons. The Labute approximate surface area is 126 Å². The molecule has 2 N–H and O–H groups in total. The molecule has 0 fully saturated rings. The molecular weight excluding hydrogens is 334 g/mol. The highest BCUT2D eigenvalue weighted by molar-refractivity contribution is 5.74. The molecule has 0 aromatic carbocycles. The second-order valence-electron chi connectivity index (χ2n) is 4.17. The van der Waals surface area contributed by atoms with Crippen molar-refractivity contribution in [3.63, 3.8) is 0 Å². The normalized spacial score (nSPS) is 12.2. The number of alkyl halides is 6. The Kier molecular flexibility index (Phi) is 5.81. The second kappa shape index (κ2) is 7.02. The Hall–Kier alpha value is -2.04. The van der Waals surface area contributed by atoms with E-state index in [4.69, 9.17) is 5.73 Å². The van der Waals surface area contributed by atoms with Crippen molar-refractivity contribution in [2.45, 2.75) is 32.4 Å². The smallest absolute Gasteiger partial charge is 0.466 e.